The number of benzene rings is 1. The Bertz CT molecular complexity index is 1300. The fourth-order valence-electron chi connectivity index (χ4n) is 2.92. The van der Waals surface area contributed by atoms with Crippen LogP contribution in [0.4, 0.5) is 27.8 Å². The normalized spacial score (nSPS) is 11.6. The molecule has 0 fully saturated rings. The molecule has 1 N–H and O–H groups in total. The fraction of sp³-hybridized carbons (Fsp3) is 0.158. The quantitative estimate of drug-likeness (QED) is 0.407. The molecular formula is C19H12ClF5N6O. The molecule has 0 aliphatic rings. The molecule has 32 heavy (non-hydrogen) atoms. The summed E-state index contributed by atoms with van der Waals surface area (Å²) in [7, 11) is 0. The SMILES string of the molecule is O=C(Nc1ccn(Cc2ccc(F)cc2Cl)n1)c1cc2nc(C(F)F)cc(C(F)F)n2n1. The molecule has 4 rings (SSSR count). The lowest BCUT2D eigenvalue weighted by Gasteiger charge is -2.06. The third-order valence-electron chi connectivity index (χ3n) is 4.38. The van der Waals surface area contributed by atoms with Crippen LogP contribution in [0, 0.1) is 5.82 Å². The molecule has 0 atom stereocenters. The van der Waals surface area contributed by atoms with Crippen molar-refractivity contribution in [1.82, 2.24) is 24.4 Å². The van der Waals surface area contributed by atoms with Crippen molar-refractivity contribution in [3.63, 3.8) is 0 Å². The molecule has 1 amide bonds. The van der Waals surface area contributed by atoms with Gasteiger partial charge < -0.3 is 5.32 Å². The second kappa shape index (κ2) is 8.54. The molecule has 4 aromatic rings. The molecule has 1 aromatic carbocycles. The Kier molecular flexibility index (Phi) is 5.78. The van der Waals surface area contributed by atoms with Gasteiger partial charge in [-0.3, -0.25) is 9.48 Å². The molecular weight excluding hydrogens is 459 g/mol. The Balaban J connectivity index is 1.55. The van der Waals surface area contributed by atoms with Crippen LogP contribution in [0.15, 0.2) is 42.6 Å². The van der Waals surface area contributed by atoms with Crippen LogP contribution in [0.2, 0.25) is 5.02 Å². The van der Waals surface area contributed by atoms with Crippen molar-refractivity contribution in [3.8, 4) is 0 Å². The van der Waals surface area contributed by atoms with Crippen LogP contribution in [0.3, 0.4) is 0 Å². The van der Waals surface area contributed by atoms with Crippen LogP contribution >= 0.6 is 11.6 Å². The Morgan fingerprint density at radius 2 is 1.84 bits per heavy atom. The zero-order valence-electron chi connectivity index (χ0n) is 15.8. The molecule has 0 spiro atoms. The van der Waals surface area contributed by atoms with Crippen LogP contribution in [0.5, 0.6) is 0 Å². The maximum absolute atomic E-state index is 13.3. The van der Waals surface area contributed by atoms with Crippen molar-refractivity contribution in [1.29, 1.82) is 0 Å². The summed E-state index contributed by atoms with van der Waals surface area (Å²) in [5.41, 5.74) is -1.71. The zero-order valence-corrected chi connectivity index (χ0v) is 16.6. The predicted octanol–water partition coefficient (Wildman–Crippen LogP) is 4.89. The van der Waals surface area contributed by atoms with Crippen LogP contribution < -0.4 is 5.32 Å². The predicted molar refractivity (Wildman–Crippen MR) is 104 cm³/mol. The van der Waals surface area contributed by atoms with Crippen molar-refractivity contribution >= 4 is 29.0 Å². The highest BCUT2D eigenvalue weighted by atomic mass is 35.5. The van der Waals surface area contributed by atoms with Gasteiger partial charge in [0.05, 0.1) is 6.54 Å². The van der Waals surface area contributed by atoms with E-state index >= 15 is 0 Å². The molecule has 7 nitrogen and oxygen atoms in total. The van der Waals surface area contributed by atoms with Crippen molar-refractivity contribution < 1.29 is 26.7 Å². The summed E-state index contributed by atoms with van der Waals surface area (Å²) in [6.45, 7) is 0.196. The highest BCUT2D eigenvalue weighted by molar-refractivity contribution is 6.31. The number of nitrogens with zero attached hydrogens (tertiary/aromatic N) is 5. The number of nitrogens with one attached hydrogen (secondary N) is 1. The van der Waals surface area contributed by atoms with E-state index in [-0.39, 0.29) is 28.7 Å². The summed E-state index contributed by atoms with van der Waals surface area (Å²) in [5.74, 6) is -1.18. The molecule has 166 valence electrons. The van der Waals surface area contributed by atoms with Gasteiger partial charge in [0, 0.05) is 23.4 Å². The van der Waals surface area contributed by atoms with Crippen LogP contribution in [0.25, 0.3) is 5.65 Å². The molecule has 0 unspecified atom stereocenters. The molecule has 3 aromatic heterocycles. The number of alkyl halides is 4. The number of aromatic nitrogens is 5. The lowest BCUT2D eigenvalue weighted by atomic mass is 10.2. The average molecular weight is 471 g/mol. The lowest BCUT2D eigenvalue weighted by molar-refractivity contribution is 0.102. The Hall–Kier alpha value is -3.54. The fourth-order valence-corrected chi connectivity index (χ4v) is 3.14. The van der Waals surface area contributed by atoms with Crippen molar-refractivity contribution in [2.45, 2.75) is 19.4 Å². The number of rotatable bonds is 6. The molecule has 13 heteroatoms. The van der Waals surface area contributed by atoms with E-state index in [1.807, 2.05) is 0 Å². The maximum atomic E-state index is 13.3. The van der Waals surface area contributed by atoms with Gasteiger partial charge in [-0.05, 0) is 23.8 Å². The summed E-state index contributed by atoms with van der Waals surface area (Å²) in [4.78, 5) is 16.1. The van der Waals surface area contributed by atoms with Crippen LogP contribution in [-0.2, 0) is 6.54 Å². The molecule has 0 saturated carbocycles. The summed E-state index contributed by atoms with van der Waals surface area (Å²) in [5, 5.41) is 10.5. The number of carbonyl (C=O) groups excluding carboxylic acids is 1. The number of halogens is 6. The van der Waals surface area contributed by atoms with Gasteiger partial charge in [0.15, 0.2) is 17.2 Å². The van der Waals surface area contributed by atoms with E-state index < -0.39 is 36.0 Å². The molecule has 0 saturated heterocycles. The van der Waals surface area contributed by atoms with Gasteiger partial charge in [-0.2, -0.15) is 10.2 Å². The first-order chi connectivity index (χ1) is 15.2. The van der Waals surface area contributed by atoms with E-state index in [4.69, 9.17) is 11.6 Å². The van der Waals surface area contributed by atoms with E-state index in [1.165, 1.54) is 29.1 Å². The van der Waals surface area contributed by atoms with Gasteiger partial charge in [-0.1, -0.05) is 17.7 Å². The number of hydrogen-bond acceptors (Lipinski definition) is 4. The highest BCUT2D eigenvalue weighted by Crippen LogP contribution is 2.25. The minimum Gasteiger partial charge on any atom is -0.304 e. The minimum atomic E-state index is -3.11. The smallest absolute Gasteiger partial charge is 0.280 e. The molecule has 0 aliphatic carbocycles. The first-order valence-electron chi connectivity index (χ1n) is 8.97. The Morgan fingerprint density at radius 3 is 2.53 bits per heavy atom. The first kappa shape index (κ1) is 21.7. The maximum Gasteiger partial charge on any atom is 0.280 e. The van der Waals surface area contributed by atoms with Gasteiger partial charge in [-0.15, -0.1) is 0 Å². The van der Waals surface area contributed by atoms with E-state index in [0.717, 1.165) is 12.1 Å². The third kappa shape index (κ3) is 4.40. The summed E-state index contributed by atoms with van der Waals surface area (Å²) in [6, 6.07) is 6.92. The number of anilines is 1. The number of carbonyl (C=O) groups is 1. The van der Waals surface area contributed by atoms with Gasteiger partial charge in [-0.25, -0.2) is 31.5 Å². The van der Waals surface area contributed by atoms with Gasteiger partial charge in [0.1, 0.15) is 17.2 Å². The van der Waals surface area contributed by atoms with Gasteiger partial charge >= 0.3 is 0 Å². The van der Waals surface area contributed by atoms with E-state index in [9.17, 15) is 26.7 Å². The highest BCUT2D eigenvalue weighted by Gasteiger charge is 2.22. The molecule has 3 heterocycles. The summed E-state index contributed by atoms with van der Waals surface area (Å²) in [6.07, 6.45) is -4.64. The monoisotopic (exact) mass is 470 g/mol. The zero-order chi connectivity index (χ0) is 23.0. The van der Waals surface area contributed by atoms with Crippen molar-refractivity contribution in [3.05, 3.63) is 76.1 Å². The van der Waals surface area contributed by atoms with E-state index in [1.54, 1.807) is 0 Å². The van der Waals surface area contributed by atoms with Crippen molar-refractivity contribution in [2.75, 3.05) is 5.32 Å². The van der Waals surface area contributed by atoms with Crippen molar-refractivity contribution in [2.24, 2.45) is 0 Å². The number of amides is 1. The Labute approximate surface area is 181 Å². The summed E-state index contributed by atoms with van der Waals surface area (Å²) < 4.78 is 67.6. The Morgan fingerprint density at radius 1 is 1.06 bits per heavy atom. The topological polar surface area (TPSA) is 77.1 Å². The van der Waals surface area contributed by atoms with E-state index in [0.29, 0.717) is 16.1 Å². The summed E-state index contributed by atoms with van der Waals surface area (Å²) >= 11 is 5.99. The standard InChI is InChI=1S/C19H12ClF5N6O/c20-11-5-10(21)2-1-9(11)8-30-4-3-15(29-30)27-19(32)13-7-16-26-12(17(22)23)6-14(18(24)25)31(16)28-13/h1-7,17-18H,8H2,(H,27,29,32). The largest absolute Gasteiger partial charge is 0.304 e. The second-order valence-corrected chi connectivity index (χ2v) is 7.00. The molecule has 0 aliphatic heterocycles. The van der Waals surface area contributed by atoms with Crippen LogP contribution in [-0.4, -0.2) is 30.3 Å². The average Bonchev–Trinajstić information content (AvgIpc) is 3.35. The first-order valence-corrected chi connectivity index (χ1v) is 9.34. The number of fused-ring (bicyclic) bond motifs is 1. The second-order valence-electron chi connectivity index (χ2n) is 6.60. The van der Waals surface area contributed by atoms with Gasteiger partial charge in [0.25, 0.3) is 18.8 Å². The molecule has 0 radical (unpaired) electrons. The third-order valence-corrected chi connectivity index (χ3v) is 4.74. The minimum absolute atomic E-state index is 0.112. The van der Waals surface area contributed by atoms with Crippen LogP contribution in [0.1, 0.15) is 40.3 Å². The molecule has 0 bridgehead atoms. The lowest BCUT2D eigenvalue weighted by Crippen LogP contribution is -2.14. The van der Waals surface area contributed by atoms with Gasteiger partial charge in [0.2, 0.25) is 0 Å². The van der Waals surface area contributed by atoms with E-state index in [2.05, 4.69) is 20.5 Å². The number of hydrogen-bond donors (Lipinski definition) is 1.